The van der Waals surface area contributed by atoms with Crippen molar-refractivity contribution in [3.05, 3.63) is 0 Å². The fourth-order valence-electron chi connectivity index (χ4n) is 5.54. The van der Waals surface area contributed by atoms with Gasteiger partial charge in [-0.15, -0.1) is 0 Å². The van der Waals surface area contributed by atoms with E-state index in [9.17, 15) is 19.8 Å². The number of hydrogen-bond donors (Lipinski definition) is 2. The molecule has 0 amide bonds. The van der Waals surface area contributed by atoms with Crippen LogP contribution in [0, 0.1) is 0 Å². The molecule has 7 heteroatoms. The molecule has 0 aliphatic heterocycles. The smallest absolute Gasteiger partial charge is 0.307 e. The van der Waals surface area contributed by atoms with E-state index in [4.69, 9.17) is 9.47 Å². The lowest BCUT2D eigenvalue weighted by Crippen LogP contribution is -2.47. The van der Waals surface area contributed by atoms with Gasteiger partial charge >= 0.3 is 11.9 Å². The van der Waals surface area contributed by atoms with Crippen molar-refractivity contribution in [2.24, 2.45) is 0 Å². The molecule has 256 valence electrons. The van der Waals surface area contributed by atoms with E-state index in [1.54, 1.807) is 11.8 Å². The lowest BCUT2D eigenvalue weighted by molar-refractivity contribution is -0.145. The van der Waals surface area contributed by atoms with Crippen LogP contribution in [0.25, 0.3) is 0 Å². The van der Waals surface area contributed by atoms with Crippen LogP contribution in [0.1, 0.15) is 175 Å². The third-order valence-corrected chi connectivity index (χ3v) is 8.44. The SMILES string of the molecule is CCCCCCCCCCCCCOC(=O)CCN(CCC(=O)OCCCCCCCCCCCCC)[C@H](CO)[C@@H](C)O. The molecule has 0 aromatic carbocycles. The van der Waals surface area contributed by atoms with Gasteiger partial charge in [-0.25, -0.2) is 0 Å². The van der Waals surface area contributed by atoms with Gasteiger partial charge in [-0.1, -0.05) is 142 Å². The first-order valence-corrected chi connectivity index (χ1v) is 18.3. The van der Waals surface area contributed by atoms with Crippen molar-refractivity contribution in [3.8, 4) is 0 Å². The highest BCUT2D eigenvalue weighted by atomic mass is 16.5. The summed E-state index contributed by atoms with van der Waals surface area (Å²) >= 11 is 0. The first-order chi connectivity index (χ1) is 21.0. The average molecular weight is 614 g/mol. The van der Waals surface area contributed by atoms with E-state index in [0.29, 0.717) is 26.3 Å². The molecule has 0 bridgehead atoms. The zero-order valence-electron chi connectivity index (χ0n) is 28.6. The Morgan fingerprint density at radius 2 is 0.860 bits per heavy atom. The van der Waals surface area contributed by atoms with Gasteiger partial charge < -0.3 is 19.7 Å². The van der Waals surface area contributed by atoms with Crippen LogP contribution < -0.4 is 0 Å². The Balaban J connectivity index is 4.01. The van der Waals surface area contributed by atoms with Gasteiger partial charge in [0.15, 0.2) is 0 Å². The number of aliphatic hydroxyl groups is 2. The number of nitrogens with zero attached hydrogens (tertiary/aromatic N) is 1. The Labute approximate surface area is 265 Å². The van der Waals surface area contributed by atoms with Gasteiger partial charge in [0.2, 0.25) is 0 Å². The van der Waals surface area contributed by atoms with E-state index in [0.717, 1.165) is 25.7 Å². The number of carbonyl (C=O) groups excluding carboxylic acids is 2. The maximum atomic E-state index is 12.3. The summed E-state index contributed by atoms with van der Waals surface area (Å²) in [6.07, 6.45) is 27.0. The summed E-state index contributed by atoms with van der Waals surface area (Å²) in [6, 6.07) is -0.543. The minimum Gasteiger partial charge on any atom is -0.466 e. The molecule has 0 saturated heterocycles. The van der Waals surface area contributed by atoms with Crippen molar-refractivity contribution >= 4 is 11.9 Å². The quantitative estimate of drug-likeness (QED) is 0.0566. The van der Waals surface area contributed by atoms with E-state index in [-0.39, 0.29) is 31.4 Å². The summed E-state index contributed by atoms with van der Waals surface area (Å²) in [6.45, 7) is 7.36. The van der Waals surface area contributed by atoms with Gasteiger partial charge in [0.1, 0.15) is 0 Å². The molecule has 0 fully saturated rings. The molecule has 0 aliphatic carbocycles. The van der Waals surface area contributed by atoms with Crippen LogP contribution in [0.2, 0.25) is 0 Å². The number of rotatable bonds is 33. The van der Waals surface area contributed by atoms with Crippen molar-refractivity contribution in [1.29, 1.82) is 0 Å². The number of esters is 2. The van der Waals surface area contributed by atoms with E-state index < -0.39 is 12.1 Å². The molecule has 0 unspecified atom stereocenters. The molecule has 0 aliphatic rings. The monoisotopic (exact) mass is 614 g/mol. The largest absolute Gasteiger partial charge is 0.466 e. The van der Waals surface area contributed by atoms with Crippen LogP contribution in [0.4, 0.5) is 0 Å². The molecule has 0 saturated carbocycles. The molecule has 0 radical (unpaired) electrons. The van der Waals surface area contributed by atoms with Crippen molar-refractivity contribution in [2.45, 2.75) is 187 Å². The van der Waals surface area contributed by atoms with Crippen LogP contribution >= 0.6 is 0 Å². The standard InChI is InChI=1S/C36H71NO6/c1-4-6-8-10-12-14-16-18-20-22-24-30-42-35(40)26-28-37(34(32-38)33(3)39)29-27-36(41)43-31-25-23-21-19-17-15-13-11-9-7-5-2/h33-34,38-39H,4-32H2,1-3H3/t33-,34-/m1/s1. The molecule has 2 N–H and O–H groups in total. The lowest BCUT2D eigenvalue weighted by Gasteiger charge is -2.31. The van der Waals surface area contributed by atoms with Gasteiger partial charge in [0.25, 0.3) is 0 Å². The second-order valence-corrected chi connectivity index (χ2v) is 12.5. The lowest BCUT2D eigenvalue weighted by atomic mass is 10.1. The van der Waals surface area contributed by atoms with Gasteiger partial charge in [0, 0.05) is 13.1 Å². The number of aliphatic hydroxyl groups excluding tert-OH is 2. The molecule has 2 atom stereocenters. The molecule has 0 aromatic heterocycles. The zero-order valence-corrected chi connectivity index (χ0v) is 28.6. The fraction of sp³-hybridized carbons (Fsp3) is 0.944. The van der Waals surface area contributed by atoms with Crippen molar-refractivity contribution in [1.82, 2.24) is 4.90 Å². The van der Waals surface area contributed by atoms with Gasteiger partial charge in [0.05, 0.1) is 44.8 Å². The minimum atomic E-state index is -0.787. The van der Waals surface area contributed by atoms with Crippen molar-refractivity contribution < 1.29 is 29.3 Å². The summed E-state index contributed by atoms with van der Waals surface area (Å²) in [4.78, 5) is 26.4. The van der Waals surface area contributed by atoms with Crippen LogP contribution in [0.15, 0.2) is 0 Å². The number of carbonyl (C=O) groups is 2. The Morgan fingerprint density at radius 1 is 0.558 bits per heavy atom. The molecule has 0 rings (SSSR count). The molecule has 43 heavy (non-hydrogen) atoms. The first kappa shape index (κ1) is 41.8. The Hall–Kier alpha value is -1.18. The summed E-state index contributed by atoms with van der Waals surface area (Å²) < 4.78 is 10.8. The number of ether oxygens (including phenoxy) is 2. The fourth-order valence-corrected chi connectivity index (χ4v) is 5.54. The maximum Gasteiger partial charge on any atom is 0.307 e. The first-order valence-electron chi connectivity index (χ1n) is 18.3. The van der Waals surface area contributed by atoms with Gasteiger partial charge in [-0.3, -0.25) is 14.5 Å². The molecule has 0 heterocycles. The van der Waals surface area contributed by atoms with Gasteiger partial charge in [-0.05, 0) is 19.8 Å². The highest BCUT2D eigenvalue weighted by Gasteiger charge is 2.24. The van der Waals surface area contributed by atoms with Crippen LogP contribution in [-0.2, 0) is 19.1 Å². The third-order valence-electron chi connectivity index (χ3n) is 8.44. The summed E-state index contributed by atoms with van der Waals surface area (Å²) in [7, 11) is 0. The minimum absolute atomic E-state index is 0.162. The highest BCUT2D eigenvalue weighted by Crippen LogP contribution is 2.13. The summed E-state index contributed by atoms with van der Waals surface area (Å²) in [5.41, 5.74) is 0. The topological polar surface area (TPSA) is 96.3 Å². The van der Waals surface area contributed by atoms with E-state index in [1.165, 1.54) is 116 Å². The average Bonchev–Trinajstić information content (AvgIpc) is 2.99. The summed E-state index contributed by atoms with van der Waals surface area (Å²) in [5, 5.41) is 19.9. The molecular weight excluding hydrogens is 542 g/mol. The number of hydrogen-bond acceptors (Lipinski definition) is 7. The highest BCUT2D eigenvalue weighted by molar-refractivity contribution is 5.70. The maximum absolute atomic E-state index is 12.3. The van der Waals surface area contributed by atoms with Crippen molar-refractivity contribution in [2.75, 3.05) is 32.9 Å². The second-order valence-electron chi connectivity index (χ2n) is 12.5. The third kappa shape index (κ3) is 28.1. The molecule has 7 nitrogen and oxygen atoms in total. The predicted molar refractivity (Wildman–Crippen MR) is 178 cm³/mol. The Kier molecular flexibility index (Phi) is 31.3. The number of unbranched alkanes of at least 4 members (excludes halogenated alkanes) is 20. The van der Waals surface area contributed by atoms with Crippen LogP contribution in [0.5, 0.6) is 0 Å². The predicted octanol–water partition coefficient (Wildman–Crippen LogP) is 8.52. The van der Waals surface area contributed by atoms with Gasteiger partial charge in [-0.2, -0.15) is 0 Å². The Morgan fingerprint density at radius 3 is 1.14 bits per heavy atom. The molecular formula is C36H71NO6. The van der Waals surface area contributed by atoms with E-state index in [2.05, 4.69) is 13.8 Å². The summed E-state index contributed by atoms with van der Waals surface area (Å²) in [5.74, 6) is -0.558. The van der Waals surface area contributed by atoms with E-state index >= 15 is 0 Å². The zero-order chi connectivity index (χ0) is 31.8. The van der Waals surface area contributed by atoms with Crippen LogP contribution in [0.3, 0.4) is 0 Å². The molecule has 0 aromatic rings. The van der Waals surface area contributed by atoms with Crippen molar-refractivity contribution in [3.63, 3.8) is 0 Å². The Bertz CT molecular complexity index is 571. The van der Waals surface area contributed by atoms with E-state index in [1.807, 2.05) is 0 Å². The second kappa shape index (κ2) is 32.2. The van der Waals surface area contributed by atoms with Crippen LogP contribution in [-0.4, -0.2) is 72.1 Å². The normalized spacial score (nSPS) is 12.9. The molecule has 0 spiro atoms.